The number of primary amides is 1. The highest BCUT2D eigenvalue weighted by Crippen LogP contribution is 2.17. The van der Waals surface area contributed by atoms with Crippen LogP contribution in [0.3, 0.4) is 0 Å². The number of carboxylic acid groups (broad SMARTS) is 1. The number of hydrogen-bond acceptors (Lipinski definition) is 3. The Morgan fingerprint density at radius 2 is 1.95 bits per heavy atom. The maximum Gasteiger partial charge on any atom is 0.326 e. The Hall–Kier alpha value is -1.37. The Bertz CT molecular complexity index is 343. The summed E-state index contributed by atoms with van der Waals surface area (Å²) in [5.41, 5.74) is 5.01. The van der Waals surface area contributed by atoms with Crippen LogP contribution >= 0.6 is 12.2 Å². The van der Waals surface area contributed by atoms with E-state index in [-0.39, 0.29) is 12.8 Å². The fourth-order valence-corrected chi connectivity index (χ4v) is 2.49. The number of nitrogens with one attached hydrogen (secondary N) is 2. The maximum atomic E-state index is 11.0. The molecule has 1 saturated carbocycles. The Morgan fingerprint density at radius 3 is 2.47 bits per heavy atom. The highest BCUT2D eigenvalue weighted by Gasteiger charge is 2.20. The van der Waals surface area contributed by atoms with Gasteiger partial charge in [0.2, 0.25) is 5.91 Å². The van der Waals surface area contributed by atoms with Gasteiger partial charge in [-0.2, -0.15) is 0 Å². The summed E-state index contributed by atoms with van der Waals surface area (Å²) in [6.07, 6.45) is 5.86. The molecule has 1 aliphatic rings. The third kappa shape index (κ3) is 6.37. The number of thiocarbonyl (C=S) groups is 1. The van der Waals surface area contributed by atoms with Gasteiger partial charge < -0.3 is 21.5 Å². The van der Waals surface area contributed by atoms with Gasteiger partial charge in [-0.25, -0.2) is 4.79 Å². The van der Waals surface area contributed by atoms with Crippen LogP contribution in [0.15, 0.2) is 0 Å². The van der Waals surface area contributed by atoms with E-state index in [0.717, 1.165) is 12.8 Å². The first kappa shape index (κ1) is 15.7. The molecule has 1 aliphatic carbocycles. The minimum absolute atomic E-state index is 0.0238. The summed E-state index contributed by atoms with van der Waals surface area (Å²) < 4.78 is 0. The molecule has 6 nitrogen and oxygen atoms in total. The molecule has 0 heterocycles. The van der Waals surface area contributed by atoms with Crippen LogP contribution in [0, 0.1) is 0 Å². The van der Waals surface area contributed by atoms with Crippen LogP contribution < -0.4 is 16.4 Å². The minimum Gasteiger partial charge on any atom is -0.480 e. The van der Waals surface area contributed by atoms with Crippen LogP contribution in [-0.4, -0.2) is 34.2 Å². The van der Waals surface area contributed by atoms with E-state index in [2.05, 4.69) is 10.6 Å². The molecule has 0 radical (unpaired) electrons. The molecule has 0 unspecified atom stereocenters. The number of aliphatic carboxylic acids is 1. The van der Waals surface area contributed by atoms with Gasteiger partial charge in [0.1, 0.15) is 6.04 Å². The molecule has 0 aromatic rings. The first-order chi connectivity index (χ1) is 8.99. The average Bonchev–Trinajstić information content (AvgIpc) is 2.35. The molecule has 0 aromatic heterocycles. The lowest BCUT2D eigenvalue weighted by molar-refractivity contribution is -0.139. The van der Waals surface area contributed by atoms with E-state index in [9.17, 15) is 9.59 Å². The van der Waals surface area contributed by atoms with Crippen molar-refractivity contribution in [2.45, 2.75) is 57.0 Å². The number of hydrogen-bond donors (Lipinski definition) is 4. The summed E-state index contributed by atoms with van der Waals surface area (Å²) in [6, 6.07) is -0.560. The van der Waals surface area contributed by atoms with Crippen molar-refractivity contribution < 1.29 is 14.7 Å². The third-order valence-electron chi connectivity index (χ3n) is 3.22. The van der Waals surface area contributed by atoms with Crippen molar-refractivity contribution in [2.24, 2.45) is 5.73 Å². The fraction of sp³-hybridized carbons (Fsp3) is 0.750. The van der Waals surface area contributed by atoms with E-state index in [0.29, 0.717) is 11.2 Å². The van der Waals surface area contributed by atoms with Gasteiger partial charge in [0.05, 0.1) is 0 Å². The van der Waals surface area contributed by atoms with Gasteiger partial charge in [-0.3, -0.25) is 4.79 Å². The lowest BCUT2D eigenvalue weighted by atomic mass is 9.96. The molecule has 7 heteroatoms. The van der Waals surface area contributed by atoms with Gasteiger partial charge in [0, 0.05) is 12.5 Å². The molecular weight excluding hydrogens is 266 g/mol. The van der Waals surface area contributed by atoms with E-state index < -0.39 is 17.9 Å². The molecule has 108 valence electrons. The number of amides is 1. The second-order valence-electron chi connectivity index (χ2n) is 4.85. The molecular formula is C12H21N3O3S. The van der Waals surface area contributed by atoms with Crippen LogP contribution in [0.5, 0.6) is 0 Å². The Balaban J connectivity index is 2.37. The number of rotatable bonds is 6. The topological polar surface area (TPSA) is 104 Å². The van der Waals surface area contributed by atoms with Crippen molar-refractivity contribution in [1.82, 2.24) is 10.6 Å². The van der Waals surface area contributed by atoms with Crippen molar-refractivity contribution in [3.63, 3.8) is 0 Å². The summed E-state index contributed by atoms with van der Waals surface area (Å²) in [5.74, 6) is -1.55. The van der Waals surface area contributed by atoms with Gasteiger partial charge >= 0.3 is 5.97 Å². The van der Waals surface area contributed by atoms with Gasteiger partial charge in [-0.15, -0.1) is 0 Å². The van der Waals surface area contributed by atoms with Crippen molar-refractivity contribution in [1.29, 1.82) is 0 Å². The van der Waals surface area contributed by atoms with E-state index in [1.165, 1.54) is 19.3 Å². The van der Waals surface area contributed by atoms with Crippen LogP contribution in [-0.2, 0) is 9.59 Å². The Morgan fingerprint density at radius 1 is 1.32 bits per heavy atom. The lowest BCUT2D eigenvalue weighted by Crippen LogP contribution is -2.49. The van der Waals surface area contributed by atoms with Gasteiger partial charge in [0.25, 0.3) is 0 Å². The molecule has 0 saturated heterocycles. The quantitative estimate of drug-likeness (QED) is 0.530. The molecule has 1 atom stereocenters. The van der Waals surface area contributed by atoms with Crippen LogP contribution in [0.25, 0.3) is 0 Å². The van der Waals surface area contributed by atoms with Crippen molar-refractivity contribution in [3.05, 3.63) is 0 Å². The third-order valence-corrected chi connectivity index (χ3v) is 3.46. The summed E-state index contributed by atoms with van der Waals surface area (Å²) in [4.78, 5) is 21.7. The molecule has 0 aromatic carbocycles. The average molecular weight is 287 g/mol. The second kappa shape index (κ2) is 7.93. The molecule has 0 aliphatic heterocycles. The summed E-state index contributed by atoms with van der Waals surface area (Å²) >= 11 is 5.11. The van der Waals surface area contributed by atoms with Crippen molar-refractivity contribution >= 4 is 29.2 Å². The SMILES string of the molecule is NC(=O)CC[C@H](NC(=S)NC1CCCCC1)C(=O)O. The molecule has 0 spiro atoms. The standard InChI is InChI=1S/C12H21N3O3S/c13-10(16)7-6-9(11(17)18)15-12(19)14-8-4-2-1-3-5-8/h8-9H,1-7H2,(H2,13,16)(H,17,18)(H2,14,15,19)/t9-/m0/s1. The van der Waals surface area contributed by atoms with Crippen LogP contribution in [0.2, 0.25) is 0 Å². The van der Waals surface area contributed by atoms with Gasteiger partial charge in [0.15, 0.2) is 5.11 Å². The molecule has 19 heavy (non-hydrogen) atoms. The highest BCUT2D eigenvalue weighted by atomic mass is 32.1. The lowest BCUT2D eigenvalue weighted by Gasteiger charge is -2.25. The number of carboxylic acids is 1. The molecule has 5 N–H and O–H groups in total. The molecule has 0 bridgehead atoms. The first-order valence-corrected chi connectivity index (χ1v) is 6.98. The smallest absolute Gasteiger partial charge is 0.326 e. The fourth-order valence-electron chi connectivity index (χ4n) is 2.18. The zero-order chi connectivity index (χ0) is 14.3. The normalized spacial score (nSPS) is 17.5. The number of carbonyl (C=O) groups is 2. The predicted octanol–water partition coefficient (Wildman–Crippen LogP) is 0.502. The predicted molar refractivity (Wildman–Crippen MR) is 75.6 cm³/mol. The van der Waals surface area contributed by atoms with Gasteiger partial charge in [-0.1, -0.05) is 19.3 Å². The zero-order valence-corrected chi connectivity index (χ0v) is 11.7. The Labute approximate surface area is 118 Å². The number of carbonyl (C=O) groups excluding carboxylic acids is 1. The molecule has 1 rings (SSSR count). The summed E-state index contributed by atoms with van der Waals surface area (Å²) in [6.45, 7) is 0. The van der Waals surface area contributed by atoms with E-state index >= 15 is 0 Å². The highest BCUT2D eigenvalue weighted by molar-refractivity contribution is 7.80. The largest absolute Gasteiger partial charge is 0.480 e. The number of nitrogens with two attached hydrogens (primary N) is 1. The van der Waals surface area contributed by atoms with E-state index in [4.69, 9.17) is 23.1 Å². The van der Waals surface area contributed by atoms with Crippen molar-refractivity contribution in [3.8, 4) is 0 Å². The Kier molecular flexibility index (Phi) is 6.55. The first-order valence-electron chi connectivity index (χ1n) is 6.57. The summed E-state index contributed by atoms with van der Waals surface area (Å²) in [5, 5.41) is 15.2. The zero-order valence-electron chi connectivity index (χ0n) is 10.9. The van der Waals surface area contributed by atoms with Gasteiger partial charge in [-0.05, 0) is 31.5 Å². The molecule has 1 amide bonds. The minimum atomic E-state index is -1.03. The summed E-state index contributed by atoms with van der Waals surface area (Å²) in [7, 11) is 0. The van der Waals surface area contributed by atoms with Crippen LogP contribution in [0.4, 0.5) is 0 Å². The maximum absolute atomic E-state index is 11.0. The second-order valence-corrected chi connectivity index (χ2v) is 5.26. The monoisotopic (exact) mass is 287 g/mol. The van der Waals surface area contributed by atoms with E-state index in [1.807, 2.05) is 0 Å². The van der Waals surface area contributed by atoms with Crippen molar-refractivity contribution in [2.75, 3.05) is 0 Å². The van der Waals surface area contributed by atoms with Crippen LogP contribution in [0.1, 0.15) is 44.9 Å². The van der Waals surface area contributed by atoms with E-state index in [1.54, 1.807) is 0 Å². The molecule has 1 fully saturated rings.